The van der Waals surface area contributed by atoms with Crippen LogP contribution in [0.2, 0.25) is 0 Å². The van der Waals surface area contributed by atoms with Crippen molar-refractivity contribution in [1.82, 2.24) is 0 Å². The van der Waals surface area contributed by atoms with E-state index in [1.54, 1.807) is 30.3 Å². The van der Waals surface area contributed by atoms with Crippen LogP contribution in [0.15, 0.2) is 91.0 Å². The SMILES string of the molecule is O=C1c2ccccc2C(=O)c2c1cc1ccccc1c2Oc1ccc(CCCOC(=O)C2CC3C=CC2C3)cc1. The van der Waals surface area contributed by atoms with Crippen LogP contribution in [0.5, 0.6) is 11.5 Å². The zero-order chi connectivity index (χ0) is 27.2. The summed E-state index contributed by atoms with van der Waals surface area (Å²) >= 11 is 0. The molecule has 5 heteroatoms. The molecule has 3 atom stereocenters. The van der Waals surface area contributed by atoms with Crippen LogP contribution in [0.25, 0.3) is 10.8 Å². The zero-order valence-electron chi connectivity index (χ0n) is 22.0. The van der Waals surface area contributed by atoms with Crippen molar-refractivity contribution < 1.29 is 23.9 Å². The maximum atomic E-state index is 13.6. The van der Waals surface area contributed by atoms with E-state index in [0.29, 0.717) is 52.2 Å². The molecule has 2 bridgehead atoms. The molecule has 0 aliphatic heterocycles. The third-order valence-corrected chi connectivity index (χ3v) is 8.47. The lowest BCUT2D eigenvalue weighted by Gasteiger charge is -2.22. The highest BCUT2D eigenvalue weighted by Crippen LogP contribution is 2.44. The molecule has 0 saturated heterocycles. The number of allylic oxidation sites excluding steroid dienone is 2. The Labute approximate surface area is 232 Å². The number of ketones is 2. The van der Waals surface area contributed by atoms with Crippen LogP contribution in [0.4, 0.5) is 0 Å². The Morgan fingerprint density at radius 3 is 2.30 bits per heavy atom. The van der Waals surface area contributed by atoms with E-state index in [0.717, 1.165) is 42.0 Å². The van der Waals surface area contributed by atoms with Crippen LogP contribution in [-0.4, -0.2) is 24.1 Å². The number of benzene rings is 4. The van der Waals surface area contributed by atoms with Crippen molar-refractivity contribution in [3.8, 4) is 11.5 Å². The van der Waals surface area contributed by atoms with Crippen molar-refractivity contribution in [2.75, 3.05) is 6.61 Å². The molecule has 5 nitrogen and oxygen atoms in total. The average Bonchev–Trinajstić information content (AvgIpc) is 3.63. The molecule has 40 heavy (non-hydrogen) atoms. The van der Waals surface area contributed by atoms with Crippen molar-refractivity contribution in [3.05, 3.63) is 119 Å². The Hall–Kier alpha value is -4.51. The van der Waals surface area contributed by atoms with Crippen LogP contribution in [0, 0.1) is 17.8 Å². The fraction of sp³-hybridized carbons (Fsp3) is 0.229. The largest absolute Gasteiger partial charge is 0.465 e. The van der Waals surface area contributed by atoms with Gasteiger partial charge in [0.1, 0.15) is 11.5 Å². The number of aryl methyl sites for hydroxylation is 1. The monoisotopic (exact) mass is 528 g/mol. The van der Waals surface area contributed by atoms with Gasteiger partial charge in [0, 0.05) is 22.1 Å². The summed E-state index contributed by atoms with van der Waals surface area (Å²) in [5, 5.41) is 1.61. The van der Waals surface area contributed by atoms with E-state index in [9.17, 15) is 14.4 Å². The number of esters is 1. The first-order valence-corrected chi connectivity index (χ1v) is 13.9. The quantitative estimate of drug-likeness (QED) is 0.128. The predicted octanol–water partition coefficient (Wildman–Crippen LogP) is 7.10. The number of hydrogen-bond donors (Lipinski definition) is 0. The number of carbonyl (C=O) groups excluding carboxylic acids is 3. The number of ether oxygens (including phenoxy) is 2. The lowest BCUT2D eigenvalue weighted by atomic mass is 9.82. The van der Waals surface area contributed by atoms with E-state index in [-0.39, 0.29) is 23.5 Å². The van der Waals surface area contributed by atoms with Crippen molar-refractivity contribution in [3.63, 3.8) is 0 Å². The molecule has 0 heterocycles. The fourth-order valence-electron chi connectivity index (χ4n) is 6.43. The Morgan fingerprint density at radius 1 is 0.800 bits per heavy atom. The van der Waals surface area contributed by atoms with E-state index >= 15 is 0 Å². The van der Waals surface area contributed by atoms with Crippen LogP contribution < -0.4 is 4.74 Å². The van der Waals surface area contributed by atoms with Crippen molar-refractivity contribution in [1.29, 1.82) is 0 Å². The van der Waals surface area contributed by atoms with Gasteiger partial charge in [-0.3, -0.25) is 14.4 Å². The minimum absolute atomic E-state index is 0.0295. The number of rotatable bonds is 7. The molecule has 0 radical (unpaired) electrons. The second kappa shape index (κ2) is 9.91. The summed E-state index contributed by atoms with van der Waals surface area (Å²) in [5.74, 6) is 1.48. The van der Waals surface area contributed by atoms with Gasteiger partial charge < -0.3 is 9.47 Å². The van der Waals surface area contributed by atoms with Gasteiger partial charge in [-0.1, -0.05) is 72.8 Å². The topological polar surface area (TPSA) is 69.7 Å². The van der Waals surface area contributed by atoms with Gasteiger partial charge >= 0.3 is 5.97 Å². The van der Waals surface area contributed by atoms with E-state index in [2.05, 4.69) is 12.2 Å². The van der Waals surface area contributed by atoms with Crippen LogP contribution >= 0.6 is 0 Å². The summed E-state index contributed by atoms with van der Waals surface area (Å²) < 4.78 is 12.0. The third-order valence-electron chi connectivity index (χ3n) is 8.47. The van der Waals surface area contributed by atoms with Crippen molar-refractivity contribution in [2.24, 2.45) is 17.8 Å². The van der Waals surface area contributed by atoms with Crippen LogP contribution in [0.3, 0.4) is 0 Å². The average molecular weight is 529 g/mol. The standard InChI is InChI=1S/C35H28O5/c36-32-27-9-3-4-10-28(27)33(37)31-30(32)20-23-7-1-2-8-26(23)34(31)40-25-15-12-21(13-16-25)6-5-17-39-35(38)29-19-22-11-14-24(29)18-22/h1-4,7-16,20,22,24,29H,5-6,17-19H2. The lowest BCUT2D eigenvalue weighted by molar-refractivity contribution is -0.149. The number of hydrogen-bond acceptors (Lipinski definition) is 5. The Balaban J connectivity index is 1.07. The van der Waals surface area contributed by atoms with Crippen LogP contribution in [-0.2, 0) is 16.0 Å². The molecule has 4 aromatic carbocycles. The third kappa shape index (κ3) is 4.22. The van der Waals surface area contributed by atoms with Crippen molar-refractivity contribution in [2.45, 2.75) is 25.7 Å². The Kier molecular flexibility index (Phi) is 6.07. The molecule has 3 aliphatic rings. The first-order valence-electron chi connectivity index (χ1n) is 13.9. The molecular formula is C35H28O5. The molecule has 3 aliphatic carbocycles. The summed E-state index contributed by atoms with van der Waals surface area (Å²) in [5.41, 5.74) is 2.59. The van der Waals surface area contributed by atoms with Gasteiger partial charge in [0.2, 0.25) is 0 Å². The summed E-state index contributed by atoms with van der Waals surface area (Å²) in [6, 6.07) is 24.1. The van der Waals surface area contributed by atoms with Gasteiger partial charge in [0.25, 0.3) is 0 Å². The highest BCUT2D eigenvalue weighted by atomic mass is 16.5. The second-order valence-electron chi connectivity index (χ2n) is 11.0. The van der Waals surface area contributed by atoms with Gasteiger partial charge in [0.05, 0.1) is 18.1 Å². The van der Waals surface area contributed by atoms with E-state index in [1.807, 2.05) is 48.5 Å². The van der Waals surface area contributed by atoms with Gasteiger partial charge in [-0.15, -0.1) is 0 Å². The summed E-state index contributed by atoms with van der Waals surface area (Å²) in [7, 11) is 0. The fourth-order valence-corrected chi connectivity index (χ4v) is 6.43. The predicted molar refractivity (Wildman–Crippen MR) is 152 cm³/mol. The molecule has 3 unspecified atom stereocenters. The molecule has 0 N–H and O–H groups in total. The molecular weight excluding hydrogens is 500 g/mol. The normalized spacial score (nSPS) is 20.4. The lowest BCUT2D eigenvalue weighted by Crippen LogP contribution is -2.22. The van der Waals surface area contributed by atoms with Crippen molar-refractivity contribution >= 4 is 28.3 Å². The maximum Gasteiger partial charge on any atom is 0.309 e. The molecule has 198 valence electrons. The van der Waals surface area contributed by atoms with Gasteiger partial charge in [0.15, 0.2) is 11.6 Å². The molecule has 7 rings (SSSR count). The van der Waals surface area contributed by atoms with Gasteiger partial charge in [-0.25, -0.2) is 0 Å². The number of fused-ring (bicyclic) bond motifs is 5. The van der Waals surface area contributed by atoms with E-state index in [4.69, 9.17) is 9.47 Å². The minimum Gasteiger partial charge on any atom is -0.465 e. The Morgan fingerprint density at radius 2 is 1.55 bits per heavy atom. The maximum absolute atomic E-state index is 13.6. The molecule has 1 fully saturated rings. The second-order valence-corrected chi connectivity index (χ2v) is 11.0. The zero-order valence-corrected chi connectivity index (χ0v) is 22.0. The van der Waals surface area contributed by atoms with Gasteiger partial charge in [-0.05, 0) is 66.7 Å². The Bertz CT molecular complexity index is 1700. The van der Waals surface area contributed by atoms with E-state index in [1.165, 1.54) is 0 Å². The smallest absolute Gasteiger partial charge is 0.309 e. The summed E-state index contributed by atoms with van der Waals surface area (Å²) in [6.45, 7) is 0.411. The first-order chi connectivity index (χ1) is 19.6. The summed E-state index contributed by atoms with van der Waals surface area (Å²) in [6.07, 6.45) is 7.94. The number of carbonyl (C=O) groups is 3. The summed E-state index contributed by atoms with van der Waals surface area (Å²) in [4.78, 5) is 39.4. The highest BCUT2D eigenvalue weighted by Gasteiger charge is 2.40. The molecule has 0 spiro atoms. The molecule has 4 aromatic rings. The molecule has 1 saturated carbocycles. The highest BCUT2D eigenvalue weighted by molar-refractivity contribution is 6.31. The molecule has 0 amide bonds. The van der Waals surface area contributed by atoms with Gasteiger partial charge in [-0.2, -0.15) is 0 Å². The first kappa shape index (κ1) is 24.5. The van der Waals surface area contributed by atoms with E-state index < -0.39 is 0 Å². The molecule has 0 aromatic heterocycles. The van der Waals surface area contributed by atoms with Crippen LogP contribution in [0.1, 0.15) is 56.7 Å². The minimum atomic E-state index is -0.210.